The minimum Gasteiger partial charge on any atom is -0.482 e. The number of hydrogen-bond donors (Lipinski definition) is 5. The molecule has 174 valence electrons. The van der Waals surface area contributed by atoms with E-state index < -0.39 is 11.9 Å². The summed E-state index contributed by atoms with van der Waals surface area (Å²) in [4.78, 5) is 4.32. The molecule has 33 heavy (non-hydrogen) atoms. The summed E-state index contributed by atoms with van der Waals surface area (Å²) in [5.74, 6) is 0.173. The number of nitrogens with zero attached hydrogens (tertiary/aromatic N) is 1. The van der Waals surface area contributed by atoms with Crippen LogP contribution in [0.3, 0.4) is 0 Å². The van der Waals surface area contributed by atoms with E-state index in [1.54, 1.807) is 38.5 Å². The van der Waals surface area contributed by atoms with Crippen molar-refractivity contribution in [2.24, 2.45) is 0 Å². The Labute approximate surface area is 194 Å². The third kappa shape index (κ3) is 5.05. The van der Waals surface area contributed by atoms with Crippen molar-refractivity contribution in [3.8, 4) is 5.75 Å². The van der Waals surface area contributed by atoms with Crippen LogP contribution in [0.5, 0.6) is 5.75 Å². The molecule has 2 heterocycles. The molecule has 0 aliphatic carbocycles. The Hall–Kier alpha value is -3.68. The topological polar surface area (TPSA) is 120 Å². The van der Waals surface area contributed by atoms with Crippen LogP contribution in [0, 0.1) is 16.6 Å². The predicted octanol–water partition coefficient (Wildman–Crippen LogP) is 4.57. The second-order valence-electron chi connectivity index (χ2n) is 7.83. The zero-order chi connectivity index (χ0) is 24.1. The number of fused-ring (bicyclic) bond motifs is 3. The molecule has 7 nitrogen and oxygen atoms in total. The fourth-order valence-electron chi connectivity index (χ4n) is 3.91. The van der Waals surface area contributed by atoms with E-state index in [-0.39, 0.29) is 11.5 Å². The van der Waals surface area contributed by atoms with Crippen molar-refractivity contribution in [1.82, 2.24) is 15.6 Å². The summed E-state index contributed by atoms with van der Waals surface area (Å²) in [7, 11) is 1.77. The van der Waals surface area contributed by atoms with Crippen molar-refractivity contribution in [1.29, 1.82) is 10.8 Å². The zero-order valence-corrected chi connectivity index (χ0v) is 19.5. The Balaban J connectivity index is 2.36. The average molecular weight is 451 g/mol. The molecule has 1 aliphatic rings. The summed E-state index contributed by atoms with van der Waals surface area (Å²) in [6.45, 7) is 6.34. The minimum absolute atomic E-state index is 0.217. The molecule has 0 saturated heterocycles. The van der Waals surface area contributed by atoms with Gasteiger partial charge >= 0.3 is 0 Å². The molecular weight excluding hydrogens is 419 g/mol. The largest absolute Gasteiger partial charge is 0.482 e. The summed E-state index contributed by atoms with van der Waals surface area (Å²) < 4.78 is 20.4. The molecule has 0 amide bonds. The fraction of sp³-hybridized carbons (Fsp3) is 0.320. The smallest absolute Gasteiger partial charge is 0.166 e. The van der Waals surface area contributed by atoms with E-state index in [4.69, 9.17) is 21.3 Å². The number of rotatable bonds is 5. The third-order valence-corrected chi connectivity index (χ3v) is 5.58. The molecule has 8 heteroatoms. The first-order chi connectivity index (χ1) is 15.8. The molecule has 3 rings (SSSR count). The lowest BCUT2D eigenvalue weighted by atomic mass is 9.88. The van der Waals surface area contributed by atoms with Crippen molar-refractivity contribution in [3.63, 3.8) is 0 Å². The Bertz CT molecular complexity index is 1140. The number of anilines is 1. The molecule has 1 atom stereocenters. The van der Waals surface area contributed by atoms with Gasteiger partial charge in [0, 0.05) is 66.1 Å². The van der Waals surface area contributed by atoms with Crippen LogP contribution in [-0.4, -0.2) is 30.0 Å². The molecule has 2 bridgehead atoms. The summed E-state index contributed by atoms with van der Waals surface area (Å²) in [5.41, 5.74) is 10.8. The number of nitrogen functional groups attached to an aromatic ring is 1. The summed E-state index contributed by atoms with van der Waals surface area (Å²) >= 11 is 0. The van der Waals surface area contributed by atoms with Gasteiger partial charge in [0.05, 0.1) is 5.71 Å². The van der Waals surface area contributed by atoms with Crippen LogP contribution in [0.2, 0.25) is 0 Å². The monoisotopic (exact) mass is 450 g/mol. The van der Waals surface area contributed by atoms with E-state index in [0.29, 0.717) is 47.5 Å². The van der Waals surface area contributed by atoms with Crippen LogP contribution in [0.1, 0.15) is 56.4 Å². The van der Waals surface area contributed by atoms with Crippen LogP contribution in [0.15, 0.2) is 47.8 Å². The molecule has 6 N–H and O–H groups in total. The van der Waals surface area contributed by atoms with E-state index in [2.05, 4.69) is 15.6 Å². The van der Waals surface area contributed by atoms with Gasteiger partial charge in [0.25, 0.3) is 0 Å². The molecule has 1 aromatic heterocycles. The SMILES string of the molecule is CCN/C1=C(\C(=N)CC)C/C(=C/NC)C(=N)c2ccc(F)cc2C(C)Oc2cc1cnc2N. The van der Waals surface area contributed by atoms with Crippen LogP contribution >= 0.6 is 0 Å². The second kappa shape index (κ2) is 10.3. The number of nitrogens with two attached hydrogens (primary N) is 1. The molecule has 1 aliphatic heterocycles. The standard InChI is InChI=1S/C25H31FN6O/c1-5-21(27)20-9-15(12-30-4)23(28)18-8-7-17(26)11-19(18)14(3)33-22-10-16(13-32-25(22)29)24(20)31-6-2/h7-8,10-14,27-28,30-31H,5-6,9H2,1-4H3,(H2,29,32)/b15-12-,24-20-,27-21?,28-23?. The third-order valence-electron chi connectivity index (χ3n) is 5.58. The number of hydrogen-bond acceptors (Lipinski definition) is 7. The van der Waals surface area contributed by atoms with Crippen molar-refractivity contribution in [2.75, 3.05) is 19.3 Å². The van der Waals surface area contributed by atoms with Gasteiger partial charge in [0.1, 0.15) is 11.9 Å². The summed E-state index contributed by atoms with van der Waals surface area (Å²) in [6.07, 6.45) is 3.69. The number of benzene rings is 1. The molecule has 1 unspecified atom stereocenters. The van der Waals surface area contributed by atoms with Gasteiger partial charge < -0.3 is 26.5 Å². The first kappa shape index (κ1) is 24.0. The number of aromatic nitrogens is 1. The van der Waals surface area contributed by atoms with Crippen molar-refractivity contribution >= 4 is 22.9 Å². The number of pyridine rings is 1. The van der Waals surface area contributed by atoms with E-state index in [0.717, 1.165) is 16.8 Å². The van der Waals surface area contributed by atoms with Gasteiger partial charge in [-0.05, 0) is 50.1 Å². The molecule has 1 aromatic carbocycles. The van der Waals surface area contributed by atoms with E-state index in [9.17, 15) is 4.39 Å². The highest BCUT2D eigenvalue weighted by molar-refractivity contribution is 6.14. The lowest BCUT2D eigenvalue weighted by Gasteiger charge is -2.24. The molecule has 2 aromatic rings. The van der Waals surface area contributed by atoms with Crippen LogP contribution in [0.4, 0.5) is 10.2 Å². The Morgan fingerprint density at radius 3 is 2.76 bits per heavy atom. The molecule has 0 saturated carbocycles. The number of halogens is 1. The first-order valence-corrected chi connectivity index (χ1v) is 11.0. The number of nitrogens with one attached hydrogen (secondary N) is 4. The number of ether oxygens (including phenoxy) is 1. The maximum atomic E-state index is 14.2. The lowest BCUT2D eigenvalue weighted by molar-refractivity contribution is 0.227. The zero-order valence-electron chi connectivity index (χ0n) is 19.5. The maximum Gasteiger partial charge on any atom is 0.166 e. The highest BCUT2D eigenvalue weighted by Crippen LogP contribution is 2.34. The Morgan fingerprint density at radius 1 is 1.33 bits per heavy atom. The maximum absolute atomic E-state index is 14.2. The van der Waals surface area contributed by atoms with Gasteiger partial charge in [-0.1, -0.05) is 6.92 Å². The van der Waals surface area contributed by atoms with Crippen LogP contribution in [0.25, 0.3) is 5.70 Å². The van der Waals surface area contributed by atoms with Gasteiger partial charge in [-0.3, -0.25) is 5.41 Å². The second-order valence-corrected chi connectivity index (χ2v) is 7.83. The molecule has 0 spiro atoms. The predicted molar refractivity (Wildman–Crippen MR) is 131 cm³/mol. The Kier molecular flexibility index (Phi) is 7.48. The first-order valence-electron chi connectivity index (χ1n) is 11.0. The van der Waals surface area contributed by atoms with E-state index >= 15 is 0 Å². The quantitative estimate of drug-likeness (QED) is 0.428. The number of allylic oxidation sites excluding steroid dienone is 2. The minimum atomic E-state index is -0.578. The molecular formula is C25H31FN6O. The highest BCUT2D eigenvalue weighted by atomic mass is 19.1. The normalized spacial score (nSPS) is 19.7. The van der Waals surface area contributed by atoms with Gasteiger partial charge in [0.15, 0.2) is 11.6 Å². The van der Waals surface area contributed by atoms with Gasteiger partial charge in [-0.15, -0.1) is 0 Å². The van der Waals surface area contributed by atoms with E-state index in [1.807, 2.05) is 13.8 Å². The van der Waals surface area contributed by atoms with E-state index in [1.165, 1.54) is 12.1 Å². The average Bonchev–Trinajstić information content (AvgIpc) is 2.80. The summed E-state index contributed by atoms with van der Waals surface area (Å²) in [6, 6.07) is 6.13. The Morgan fingerprint density at radius 2 is 2.09 bits per heavy atom. The fourth-order valence-corrected chi connectivity index (χ4v) is 3.91. The van der Waals surface area contributed by atoms with Crippen LogP contribution < -0.4 is 21.1 Å². The van der Waals surface area contributed by atoms with Crippen molar-refractivity contribution < 1.29 is 9.13 Å². The van der Waals surface area contributed by atoms with Gasteiger partial charge in [-0.25, -0.2) is 9.37 Å². The van der Waals surface area contributed by atoms with Crippen molar-refractivity contribution in [3.05, 3.63) is 70.3 Å². The molecule has 0 radical (unpaired) electrons. The summed E-state index contributed by atoms with van der Waals surface area (Å²) in [5, 5.41) is 24.1. The van der Waals surface area contributed by atoms with Gasteiger partial charge in [-0.2, -0.15) is 0 Å². The molecule has 0 fully saturated rings. The highest BCUT2D eigenvalue weighted by Gasteiger charge is 2.24. The van der Waals surface area contributed by atoms with Crippen LogP contribution in [-0.2, 0) is 0 Å². The van der Waals surface area contributed by atoms with Gasteiger partial charge in [0.2, 0.25) is 0 Å². The lowest BCUT2D eigenvalue weighted by Crippen LogP contribution is -2.21. The van der Waals surface area contributed by atoms with Crippen molar-refractivity contribution in [2.45, 2.75) is 39.7 Å².